The first-order valence-electron chi connectivity index (χ1n) is 4.67. The topological polar surface area (TPSA) is 21.3 Å². The van der Waals surface area contributed by atoms with Crippen LogP contribution in [-0.4, -0.2) is 25.8 Å². The van der Waals surface area contributed by atoms with Crippen LogP contribution in [0.4, 0.5) is 0 Å². The third-order valence-electron chi connectivity index (χ3n) is 3.06. The minimum atomic E-state index is 0.571. The maximum atomic E-state index is 5.61. The molecule has 0 radical (unpaired) electrons. The van der Waals surface area contributed by atoms with E-state index in [9.17, 15) is 0 Å². The van der Waals surface area contributed by atoms with Crippen molar-refractivity contribution in [2.45, 2.75) is 32.3 Å². The largest absolute Gasteiger partial charge is 0.378 e. The van der Waals surface area contributed by atoms with E-state index in [2.05, 4.69) is 12.2 Å². The maximum absolute atomic E-state index is 5.61. The molecule has 1 atom stereocenters. The van der Waals surface area contributed by atoms with Crippen LogP contribution in [0.3, 0.4) is 0 Å². The highest BCUT2D eigenvalue weighted by molar-refractivity contribution is 4.98. The molecule has 1 aliphatic heterocycles. The number of hydrogen-bond acceptors (Lipinski definition) is 2. The Morgan fingerprint density at radius 1 is 1.55 bits per heavy atom. The van der Waals surface area contributed by atoms with E-state index in [1.807, 2.05) is 0 Å². The molecule has 2 fully saturated rings. The van der Waals surface area contributed by atoms with Crippen molar-refractivity contribution in [2.75, 3.05) is 19.7 Å². The average Bonchev–Trinajstić information content (AvgIpc) is 2.32. The van der Waals surface area contributed by atoms with Crippen LogP contribution in [0.15, 0.2) is 0 Å². The minimum absolute atomic E-state index is 0.571. The van der Waals surface area contributed by atoms with Gasteiger partial charge >= 0.3 is 0 Å². The van der Waals surface area contributed by atoms with E-state index in [0.717, 1.165) is 6.61 Å². The highest BCUT2D eigenvalue weighted by atomic mass is 16.5. The van der Waals surface area contributed by atoms with Gasteiger partial charge < -0.3 is 10.1 Å². The summed E-state index contributed by atoms with van der Waals surface area (Å²) in [6.07, 6.45) is 4.54. The summed E-state index contributed by atoms with van der Waals surface area (Å²) >= 11 is 0. The molecular weight excluding hydrogens is 138 g/mol. The lowest BCUT2D eigenvalue weighted by atomic mass is 9.80. The molecule has 1 saturated carbocycles. The van der Waals surface area contributed by atoms with Gasteiger partial charge in [-0.3, -0.25) is 0 Å². The molecule has 0 aromatic heterocycles. The fraction of sp³-hybridized carbons (Fsp3) is 1.00. The Balaban J connectivity index is 1.83. The van der Waals surface area contributed by atoms with Gasteiger partial charge in [0.05, 0.1) is 6.10 Å². The van der Waals surface area contributed by atoms with E-state index in [1.54, 1.807) is 0 Å². The highest BCUT2D eigenvalue weighted by Crippen LogP contribution is 2.42. The Morgan fingerprint density at radius 2 is 2.36 bits per heavy atom. The number of ether oxygens (including phenoxy) is 1. The molecule has 0 aromatic carbocycles. The summed E-state index contributed by atoms with van der Waals surface area (Å²) < 4.78 is 5.61. The maximum Gasteiger partial charge on any atom is 0.0581 e. The normalized spacial score (nSPS) is 34.1. The van der Waals surface area contributed by atoms with Gasteiger partial charge in [0.25, 0.3) is 0 Å². The monoisotopic (exact) mass is 155 g/mol. The van der Waals surface area contributed by atoms with Crippen LogP contribution in [0.1, 0.15) is 26.2 Å². The smallest absolute Gasteiger partial charge is 0.0581 e. The molecule has 1 aliphatic carbocycles. The van der Waals surface area contributed by atoms with Gasteiger partial charge in [-0.15, -0.1) is 0 Å². The second-order valence-electron chi connectivity index (χ2n) is 3.92. The predicted molar refractivity (Wildman–Crippen MR) is 44.6 cm³/mol. The first-order chi connectivity index (χ1) is 5.35. The molecule has 0 aromatic rings. The van der Waals surface area contributed by atoms with Crippen molar-refractivity contribution in [3.63, 3.8) is 0 Å². The van der Waals surface area contributed by atoms with Gasteiger partial charge in [-0.2, -0.15) is 0 Å². The van der Waals surface area contributed by atoms with Gasteiger partial charge in [0.15, 0.2) is 0 Å². The molecule has 11 heavy (non-hydrogen) atoms. The molecule has 2 heteroatoms. The van der Waals surface area contributed by atoms with E-state index in [4.69, 9.17) is 4.74 Å². The first-order valence-corrected chi connectivity index (χ1v) is 4.67. The lowest BCUT2D eigenvalue weighted by molar-refractivity contribution is 0.0496. The Kier molecular flexibility index (Phi) is 1.90. The number of hydrogen-bond donors (Lipinski definition) is 1. The highest BCUT2D eigenvalue weighted by Gasteiger charge is 2.43. The molecule has 1 unspecified atom stereocenters. The SMILES string of the molecule is CCOC1CCC2(CNC2)C1. The molecule has 1 heterocycles. The quantitative estimate of drug-likeness (QED) is 0.646. The van der Waals surface area contributed by atoms with Crippen molar-refractivity contribution < 1.29 is 4.74 Å². The van der Waals surface area contributed by atoms with Crippen LogP contribution in [0.5, 0.6) is 0 Å². The van der Waals surface area contributed by atoms with E-state index in [1.165, 1.54) is 32.4 Å². The second kappa shape index (κ2) is 2.76. The molecule has 0 amide bonds. The Bertz CT molecular complexity index is 142. The fourth-order valence-corrected chi connectivity index (χ4v) is 2.33. The van der Waals surface area contributed by atoms with Gasteiger partial charge in [0, 0.05) is 19.7 Å². The summed E-state index contributed by atoms with van der Waals surface area (Å²) in [4.78, 5) is 0. The van der Waals surface area contributed by atoms with Crippen molar-refractivity contribution in [1.82, 2.24) is 5.32 Å². The molecule has 2 aliphatic rings. The third-order valence-corrected chi connectivity index (χ3v) is 3.06. The molecule has 2 nitrogen and oxygen atoms in total. The van der Waals surface area contributed by atoms with Gasteiger partial charge in [-0.1, -0.05) is 0 Å². The van der Waals surface area contributed by atoms with Crippen molar-refractivity contribution in [2.24, 2.45) is 5.41 Å². The zero-order chi connectivity index (χ0) is 7.73. The Labute approximate surface area is 68.3 Å². The summed E-state index contributed by atoms with van der Waals surface area (Å²) in [5.74, 6) is 0. The lowest BCUT2D eigenvalue weighted by Crippen LogP contribution is -2.52. The standard InChI is InChI=1S/C9H17NO/c1-2-11-8-3-4-9(5-8)6-10-7-9/h8,10H,2-7H2,1H3. The van der Waals surface area contributed by atoms with Crippen LogP contribution >= 0.6 is 0 Å². The molecule has 2 rings (SSSR count). The van der Waals surface area contributed by atoms with Crippen LogP contribution in [0.25, 0.3) is 0 Å². The zero-order valence-corrected chi connectivity index (χ0v) is 7.23. The molecular formula is C9H17NO. The Morgan fingerprint density at radius 3 is 2.82 bits per heavy atom. The third kappa shape index (κ3) is 1.30. The molecule has 0 bridgehead atoms. The van der Waals surface area contributed by atoms with Gasteiger partial charge in [0.1, 0.15) is 0 Å². The summed E-state index contributed by atoms with van der Waals surface area (Å²) in [7, 11) is 0. The molecule has 1 spiro atoms. The van der Waals surface area contributed by atoms with Crippen molar-refractivity contribution >= 4 is 0 Å². The van der Waals surface area contributed by atoms with Crippen LogP contribution < -0.4 is 5.32 Å². The van der Waals surface area contributed by atoms with Gasteiger partial charge in [0.2, 0.25) is 0 Å². The molecule has 1 saturated heterocycles. The summed E-state index contributed by atoms with van der Waals surface area (Å²) in [5, 5.41) is 3.35. The van der Waals surface area contributed by atoms with E-state index < -0.39 is 0 Å². The first kappa shape index (κ1) is 7.56. The number of rotatable bonds is 2. The second-order valence-corrected chi connectivity index (χ2v) is 3.92. The van der Waals surface area contributed by atoms with Crippen molar-refractivity contribution in [3.05, 3.63) is 0 Å². The van der Waals surface area contributed by atoms with Crippen molar-refractivity contribution in [3.8, 4) is 0 Å². The van der Waals surface area contributed by atoms with Gasteiger partial charge in [-0.25, -0.2) is 0 Å². The average molecular weight is 155 g/mol. The molecule has 64 valence electrons. The Hall–Kier alpha value is -0.0800. The fourth-order valence-electron chi connectivity index (χ4n) is 2.33. The summed E-state index contributed by atoms with van der Waals surface area (Å²) in [6.45, 7) is 5.44. The van der Waals surface area contributed by atoms with Crippen LogP contribution in [-0.2, 0) is 4.74 Å². The lowest BCUT2D eigenvalue weighted by Gasteiger charge is -2.39. The molecule has 1 N–H and O–H groups in total. The van der Waals surface area contributed by atoms with Crippen LogP contribution in [0.2, 0.25) is 0 Å². The van der Waals surface area contributed by atoms with Gasteiger partial charge in [-0.05, 0) is 31.6 Å². The minimum Gasteiger partial charge on any atom is -0.378 e. The number of nitrogens with one attached hydrogen (secondary N) is 1. The van der Waals surface area contributed by atoms with E-state index >= 15 is 0 Å². The summed E-state index contributed by atoms with van der Waals surface area (Å²) in [5.41, 5.74) is 0.653. The van der Waals surface area contributed by atoms with Crippen LogP contribution in [0, 0.1) is 5.41 Å². The van der Waals surface area contributed by atoms with Crippen molar-refractivity contribution in [1.29, 1.82) is 0 Å². The zero-order valence-electron chi connectivity index (χ0n) is 7.23. The predicted octanol–water partition coefficient (Wildman–Crippen LogP) is 1.17. The summed E-state index contributed by atoms with van der Waals surface area (Å²) in [6, 6.07) is 0. The van der Waals surface area contributed by atoms with E-state index in [-0.39, 0.29) is 0 Å². The van der Waals surface area contributed by atoms with E-state index in [0.29, 0.717) is 11.5 Å².